The highest BCUT2D eigenvalue weighted by atomic mass is 16.5. The molecule has 0 spiro atoms. The fourth-order valence-corrected chi connectivity index (χ4v) is 2.78. The first kappa shape index (κ1) is 20.2. The summed E-state index contributed by atoms with van der Waals surface area (Å²) in [4.78, 5) is 2.15. The van der Waals surface area contributed by atoms with Gasteiger partial charge in [-0.25, -0.2) is 0 Å². The molecule has 0 aliphatic carbocycles. The van der Waals surface area contributed by atoms with E-state index in [0.29, 0.717) is 19.7 Å². The second-order valence-corrected chi connectivity index (χ2v) is 6.27. The molecule has 2 rings (SSSR count). The summed E-state index contributed by atoms with van der Waals surface area (Å²) in [5, 5.41) is 10.4. The predicted octanol–water partition coefficient (Wildman–Crippen LogP) is 2.89. The molecule has 0 saturated heterocycles. The van der Waals surface area contributed by atoms with Crippen molar-refractivity contribution < 1.29 is 19.3 Å². The topological polar surface area (TPSA) is 51.2 Å². The average Bonchev–Trinajstić information content (AvgIpc) is 2.66. The Labute approximate surface area is 156 Å². The number of aliphatic hydroxyl groups excluding tert-OH is 1. The van der Waals surface area contributed by atoms with E-state index in [1.165, 1.54) is 0 Å². The molecule has 1 atom stereocenters. The van der Waals surface area contributed by atoms with Crippen LogP contribution >= 0.6 is 0 Å². The molecule has 2 aromatic carbocycles. The van der Waals surface area contributed by atoms with E-state index in [1.807, 2.05) is 55.5 Å². The van der Waals surface area contributed by atoms with Crippen molar-refractivity contribution in [1.29, 1.82) is 0 Å². The lowest BCUT2D eigenvalue weighted by atomic mass is 10.1. The number of benzene rings is 2. The smallest absolute Gasteiger partial charge is 0.123 e. The molecule has 142 valence electrons. The molecule has 0 aliphatic rings. The lowest BCUT2D eigenvalue weighted by Gasteiger charge is -2.25. The molecule has 0 aromatic heterocycles. The number of para-hydroxylation sites is 2. The van der Waals surface area contributed by atoms with E-state index in [9.17, 15) is 5.11 Å². The number of nitrogens with zero attached hydrogens (tertiary/aromatic N) is 1. The second-order valence-electron chi connectivity index (χ2n) is 6.27. The van der Waals surface area contributed by atoms with Crippen LogP contribution in [0.2, 0.25) is 0 Å². The van der Waals surface area contributed by atoms with E-state index in [2.05, 4.69) is 4.90 Å². The number of hydrogen-bond acceptors (Lipinski definition) is 5. The van der Waals surface area contributed by atoms with Gasteiger partial charge in [0, 0.05) is 32.3 Å². The SMILES string of the molecule is COCCN(Cc1ccccc1OC)C[C@@H](O)COc1ccccc1C. The minimum absolute atomic E-state index is 0.250. The minimum atomic E-state index is -0.596. The van der Waals surface area contributed by atoms with Crippen molar-refractivity contribution in [3.05, 3.63) is 59.7 Å². The lowest BCUT2D eigenvalue weighted by Crippen LogP contribution is -2.37. The summed E-state index contributed by atoms with van der Waals surface area (Å²) in [5.41, 5.74) is 2.14. The Morgan fingerprint density at radius 2 is 1.69 bits per heavy atom. The third-order valence-electron chi connectivity index (χ3n) is 4.19. The van der Waals surface area contributed by atoms with Crippen molar-refractivity contribution >= 4 is 0 Å². The summed E-state index contributed by atoms with van der Waals surface area (Å²) >= 11 is 0. The van der Waals surface area contributed by atoms with Crippen LogP contribution in [0, 0.1) is 6.92 Å². The van der Waals surface area contributed by atoms with Gasteiger partial charge in [0.1, 0.15) is 24.2 Å². The summed E-state index contributed by atoms with van der Waals surface area (Å²) < 4.78 is 16.4. The lowest BCUT2D eigenvalue weighted by molar-refractivity contribution is 0.0537. The number of aryl methyl sites for hydroxylation is 1. The summed E-state index contributed by atoms with van der Waals surface area (Å²) in [6.45, 7) is 4.73. The molecule has 5 nitrogen and oxygen atoms in total. The van der Waals surface area contributed by atoms with Gasteiger partial charge in [0.25, 0.3) is 0 Å². The van der Waals surface area contributed by atoms with Gasteiger partial charge in [-0.3, -0.25) is 4.90 Å². The van der Waals surface area contributed by atoms with E-state index in [0.717, 1.165) is 29.2 Å². The molecule has 0 bridgehead atoms. The van der Waals surface area contributed by atoms with Crippen LogP contribution in [0.15, 0.2) is 48.5 Å². The molecule has 0 amide bonds. The molecule has 2 aromatic rings. The van der Waals surface area contributed by atoms with Crippen molar-refractivity contribution in [2.75, 3.05) is 40.5 Å². The van der Waals surface area contributed by atoms with Gasteiger partial charge in [-0.1, -0.05) is 36.4 Å². The zero-order chi connectivity index (χ0) is 18.8. The summed E-state index contributed by atoms with van der Waals surface area (Å²) in [6, 6.07) is 15.7. The standard InChI is InChI=1S/C21H29NO4/c1-17-8-4-6-10-20(17)26-16-19(23)15-22(12-13-24-2)14-18-9-5-7-11-21(18)25-3/h4-11,19,23H,12-16H2,1-3H3/t19-/m1/s1. The maximum atomic E-state index is 10.4. The first-order valence-electron chi connectivity index (χ1n) is 8.83. The summed E-state index contributed by atoms with van der Waals surface area (Å²) in [7, 11) is 3.35. The Bertz CT molecular complexity index is 662. The normalized spacial score (nSPS) is 12.2. The number of rotatable bonds is 11. The Morgan fingerprint density at radius 1 is 1.00 bits per heavy atom. The van der Waals surface area contributed by atoms with E-state index < -0.39 is 6.10 Å². The maximum Gasteiger partial charge on any atom is 0.123 e. The number of aliphatic hydroxyl groups is 1. The first-order chi connectivity index (χ1) is 12.6. The van der Waals surface area contributed by atoms with E-state index in [1.54, 1.807) is 14.2 Å². The number of ether oxygens (including phenoxy) is 3. The van der Waals surface area contributed by atoms with Gasteiger partial charge < -0.3 is 19.3 Å². The van der Waals surface area contributed by atoms with E-state index >= 15 is 0 Å². The van der Waals surface area contributed by atoms with Crippen LogP contribution in [-0.2, 0) is 11.3 Å². The zero-order valence-electron chi connectivity index (χ0n) is 15.9. The minimum Gasteiger partial charge on any atom is -0.496 e. The van der Waals surface area contributed by atoms with Gasteiger partial charge >= 0.3 is 0 Å². The fourth-order valence-electron chi connectivity index (χ4n) is 2.78. The second kappa shape index (κ2) is 10.8. The number of methoxy groups -OCH3 is 2. The summed E-state index contributed by atoms with van der Waals surface area (Å²) in [6.07, 6.45) is -0.596. The molecule has 0 saturated carbocycles. The van der Waals surface area contributed by atoms with Crippen LogP contribution in [0.3, 0.4) is 0 Å². The Balaban J connectivity index is 1.94. The van der Waals surface area contributed by atoms with Gasteiger partial charge in [-0.15, -0.1) is 0 Å². The molecule has 0 radical (unpaired) electrons. The zero-order valence-corrected chi connectivity index (χ0v) is 15.9. The fraction of sp³-hybridized carbons (Fsp3) is 0.429. The summed E-state index contributed by atoms with van der Waals surface area (Å²) in [5.74, 6) is 1.65. The van der Waals surface area contributed by atoms with Gasteiger partial charge in [0.15, 0.2) is 0 Å². The van der Waals surface area contributed by atoms with E-state index in [-0.39, 0.29) is 6.61 Å². The molecule has 0 unspecified atom stereocenters. The Kier molecular flexibility index (Phi) is 8.41. The molecule has 1 N–H and O–H groups in total. The van der Waals surface area contributed by atoms with E-state index in [4.69, 9.17) is 14.2 Å². The molecule has 5 heteroatoms. The molecule has 0 fully saturated rings. The molecule has 26 heavy (non-hydrogen) atoms. The van der Waals surface area contributed by atoms with Crippen molar-refractivity contribution in [1.82, 2.24) is 4.90 Å². The quantitative estimate of drug-likeness (QED) is 0.669. The van der Waals surface area contributed by atoms with Crippen LogP contribution in [0.5, 0.6) is 11.5 Å². The Hall–Kier alpha value is -2.08. The monoisotopic (exact) mass is 359 g/mol. The van der Waals surface area contributed by atoms with Gasteiger partial charge in [0.2, 0.25) is 0 Å². The van der Waals surface area contributed by atoms with Crippen molar-refractivity contribution in [2.45, 2.75) is 19.6 Å². The van der Waals surface area contributed by atoms with Crippen LogP contribution in [0.25, 0.3) is 0 Å². The van der Waals surface area contributed by atoms with Crippen LogP contribution in [0.4, 0.5) is 0 Å². The first-order valence-corrected chi connectivity index (χ1v) is 8.83. The largest absolute Gasteiger partial charge is 0.496 e. The van der Waals surface area contributed by atoms with Gasteiger partial charge in [0.05, 0.1) is 13.7 Å². The third-order valence-corrected chi connectivity index (χ3v) is 4.19. The third kappa shape index (κ3) is 6.33. The highest BCUT2D eigenvalue weighted by molar-refractivity contribution is 5.33. The molecular weight excluding hydrogens is 330 g/mol. The van der Waals surface area contributed by atoms with Crippen molar-refractivity contribution in [3.63, 3.8) is 0 Å². The van der Waals surface area contributed by atoms with Crippen LogP contribution in [0.1, 0.15) is 11.1 Å². The Morgan fingerprint density at radius 3 is 2.38 bits per heavy atom. The van der Waals surface area contributed by atoms with Crippen LogP contribution < -0.4 is 9.47 Å². The predicted molar refractivity (Wildman–Crippen MR) is 103 cm³/mol. The molecule has 0 aliphatic heterocycles. The van der Waals surface area contributed by atoms with Gasteiger partial charge in [-0.2, -0.15) is 0 Å². The van der Waals surface area contributed by atoms with Gasteiger partial charge in [-0.05, 0) is 24.6 Å². The highest BCUT2D eigenvalue weighted by Crippen LogP contribution is 2.20. The molecule has 0 heterocycles. The maximum absolute atomic E-state index is 10.4. The highest BCUT2D eigenvalue weighted by Gasteiger charge is 2.15. The van der Waals surface area contributed by atoms with Crippen molar-refractivity contribution in [3.8, 4) is 11.5 Å². The number of hydrogen-bond donors (Lipinski definition) is 1. The van der Waals surface area contributed by atoms with Crippen LogP contribution in [-0.4, -0.2) is 56.6 Å². The van der Waals surface area contributed by atoms with Crippen molar-refractivity contribution in [2.24, 2.45) is 0 Å². The average molecular weight is 359 g/mol. The molecular formula is C21H29NO4.